The highest BCUT2D eigenvalue weighted by molar-refractivity contribution is 5.89. The number of pyridine rings is 1. The zero-order chi connectivity index (χ0) is 19.0. The van der Waals surface area contributed by atoms with E-state index in [2.05, 4.69) is 59.1 Å². The van der Waals surface area contributed by atoms with Crippen molar-refractivity contribution in [3.05, 3.63) is 42.6 Å². The molecule has 27 heavy (non-hydrogen) atoms. The number of anilines is 1. The van der Waals surface area contributed by atoms with Crippen molar-refractivity contribution in [2.24, 2.45) is 18.9 Å². The molecular formula is C22H28N4O. The number of hydrogen-bond acceptors (Lipinski definition) is 4. The van der Waals surface area contributed by atoms with Gasteiger partial charge in [0.25, 0.3) is 0 Å². The van der Waals surface area contributed by atoms with E-state index in [1.807, 2.05) is 24.4 Å². The van der Waals surface area contributed by atoms with Crippen LogP contribution in [0.4, 0.5) is 5.82 Å². The summed E-state index contributed by atoms with van der Waals surface area (Å²) in [6, 6.07) is 12.5. The van der Waals surface area contributed by atoms with Gasteiger partial charge >= 0.3 is 0 Å². The Morgan fingerprint density at radius 3 is 2.81 bits per heavy atom. The average Bonchev–Trinajstić information content (AvgIpc) is 3.32. The first-order valence-electron chi connectivity index (χ1n) is 9.54. The smallest absolute Gasteiger partial charge is 0.128 e. The molecule has 4 rings (SSSR count). The lowest BCUT2D eigenvalue weighted by Gasteiger charge is -2.10. The Kier molecular flexibility index (Phi) is 4.79. The van der Waals surface area contributed by atoms with E-state index >= 15 is 0 Å². The highest BCUT2D eigenvalue weighted by Crippen LogP contribution is 2.39. The van der Waals surface area contributed by atoms with E-state index in [9.17, 15) is 0 Å². The van der Waals surface area contributed by atoms with E-state index in [0.29, 0.717) is 0 Å². The van der Waals surface area contributed by atoms with E-state index in [1.165, 1.54) is 18.4 Å². The van der Waals surface area contributed by atoms with Gasteiger partial charge in [-0.3, -0.25) is 0 Å². The number of rotatable bonds is 7. The largest absolute Gasteiger partial charge is 0.496 e. The quantitative estimate of drug-likeness (QED) is 0.691. The number of nitrogens with zero attached hydrogens (tertiary/aromatic N) is 3. The number of hydrogen-bond donors (Lipinski definition) is 1. The van der Waals surface area contributed by atoms with Gasteiger partial charge in [-0.25, -0.2) is 4.98 Å². The van der Waals surface area contributed by atoms with Crippen LogP contribution in [0.5, 0.6) is 5.75 Å². The minimum absolute atomic E-state index is 0.768. The van der Waals surface area contributed by atoms with E-state index in [1.54, 1.807) is 7.11 Å². The van der Waals surface area contributed by atoms with E-state index < -0.39 is 0 Å². The number of aryl methyl sites for hydroxylation is 1. The predicted octanol–water partition coefficient (Wildman–Crippen LogP) is 3.86. The van der Waals surface area contributed by atoms with Crippen LogP contribution in [0.2, 0.25) is 0 Å². The molecule has 3 aromatic rings. The molecule has 2 aromatic heterocycles. The molecule has 0 unspecified atom stereocenters. The molecule has 5 heteroatoms. The summed E-state index contributed by atoms with van der Waals surface area (Å²) in [6.45, 7) is 2.18. The Balaban J connectivity index is 1.53. The first-order chi connectivity index (χ1) is 13.1. The lowest BCUT2D eigenvalue weighted by molar-refractivity contribution is 0.379. The van der Waals surface area contributed by atoms with Crippen LogP contribution in [0.15, 0.2) is 42.6 Å². The second kappa shape index (κ2) is 7.24. The van der Waals surface area contributed by atoms with Gasteiger partial charge in [0.05, 0.1) is 24.5 Å². The lowest BCUT2D eigenvalue weighted by atomic mass is 10.1. The van der Waals surface area contributed by atoms with Gasteiger partial charge in [0.1, 0.15) is 11.6 Å². The van der Waals surface area contributed by atoms with Crippen LogP contribution in [-0.2, 0) is 7.05 Å². The summed E-state index contributed by atoms with van der Waals surface area (Å²) in [5, 5.41) is 4.72. The first-order valence-corrected chi connectivity index (χ1v) is 9.54. The van der Waals surface area contributed by atoms with Gasteiger partial charge in [0.15, 0.2) is 0 Å². The summed E-state index contributed by atoms with van der Waals surface area (Å²) in [7, 11) is 8.08. The maximum atomic E-state index is 5.54. The fourth-order valence-corrected chi connectivity index (χ4v) is 3.93. The third kappa shape index (κ3) is 3.65. The fourth-order valence-electron chi connectivity index (χ4n) is 3.93. The Bertz CT molecular complexity index is 947. The van der Waals surface area contributed by atoms with E-state index in [0.717, 1.165) is 46.7 Å². The molecule has 0 amide bonds. The Hall–Kier alpha value is -2.53. The van der Waals surface area contributed by atoms with Crippen LogP contribution >= 0.6 is 0 Å². The number of nitrogens with one attached hydrogen (secondary N) is 1. The number of methoxy groups -OCH3 is 1. The van der Waals surface area contributed by atoms with Crippen molar-refractivity contribution in [3.8, 4) is 17.0 Å². The molecule has 1 fully saturated rings. The van der Waals surface area contributed by atoms with E-state index in [4.69, 9.17) is 4.74 Å². The molecule has 0 aliphatic heterocycles. The first kappa shape index (κ1) is 17.9. The Labute approximate surface area is 161 Å². The van der Waals surface area contributed by atoms with Crippen molar-refractivity contribution >= 4 is 16.7 Å². The Morgan fingerprint density at radius 2 is 2.04 bits per heavy atom. The highest BCUT2D eigenvalue weighted by atomic mass is 16.5. The number of fused-ring (bicyclic) bond motifs is 1. The third-order valence-corrected chi connectivity index (χ3v) is 5.53. The molecule has 5 nitrogen and oxygen atoms in total. The van der Waals surface area contributed by atoms with Crippen molar-refractivity contribution in [2.45, 2.75) is 6.42 Å². The molecule has 1 saturated carbocycles. The molecule has 1 N–H and O–H groups in total. The normalized spacial score (nSPS) is 18.9. The van der Waals surface area contributed by atoms with E-state index in [-0.39, 0.29) is 0 Å². The number of ether oxygens (including phenoxy) is 1. The average molecular weight is 364 g/mol. The predicted molar refractivity (Wildman–Crippen MR) is 111 cm³/mol. The molecule has 2 atom stereocenters. The maximum absolute atomic E-state index is 5.54. The number of aromatic nitrogens is 2. The van der Waals surface area contributed by atoms with Crippen molar-refractivity contribution < 1.29 is 4.74 Å². The summed E-state index contributed by atoms with van der Waals surface area (Å²) >= 11 is 0. The van der Waals surface area contributed by atoms with Gasteiger partial charge in [-0.2, -0.15) is 0 Å². The minimum Gasteiger partial charge on any atom is -0.496 e. The fraction of sp³-hybridized carbons (Fsp3) is 0.409. The van der Waals surface area contributed by atoms with Gasteiger partial charge in [0.2, 0.25) is 0 Å². The molecule has 1 aliphatic rings. The minimum atomic E-state index is 0.768. The van der Waals surface area contributed by atoms with Crippen molar-refractivity contribution in [1.29, 1.82) is 0 Å². The molecule has 0 spiro atoms. The molecule has 0 radical (unpaired) electrons. The summed E-state index contributed by atoms with van der Waals surface area (Å²) in [6.07, 6.45) is 3.28. The standard InChI is InChI=1S/C22H28N4O/c1-25(2)14-17-9-16(17)12-23-22-11-15-10-19(26(3)20(15)13-24-22)18-7-5-6-8-21(18)27-4/h5-8,10-11,13,16-17H,9,12,14H2,1-4H3,(H,23,24)/t16-,17-/m1/s1. The topological polar surface area (TPSA) is 42.3 Å². The summed E-state index contributed by atoms with van der Waals surface area (Å²) in [5.74, 6) is 3.43. The molecule has 1 aromatic carbocycles. The molecule has 142 valence electrons. The van der Waals surface area contributed by atoms with Crippen molar-refractivity contribution in [2.75, 3.05) is 39.6 Å². The van der Waals surface area contributed by atoms with Crippen LogP contribution in [0.25, 0.3) is 22.2 Å². The number of benzene rings is 1. The van der Waals surface area contributed by atoms with Gasteiger partial charge in [-0.1, -0.05) is 12.1 Å². The third-order valence-electron chi connectivity index (χ3n) is 5.53. The summed E-state index contributed by atoms with van der Waals surface area (Å²) in [5.41, 5.74) is 3.35. The number of para-hydroxylation sites is 1. The molecule has 0 saturated heterocycles. The highest BCUT2D eigenvalue weighted by Gasteiger charge is 2.36. The monoisotopic (exact) mass is 364 g/mol. The zero-order valence-electron chi connectivity index (χ0n) is 16.6. The van der Waals surface area contributed by atoms with Crippen LogP contribution in [0.1, 0.15) is 6.42 Å². The molecule has 0 bridgehead atoms. The summed E-state index contributed by atoms with van der Waals surface area (Å²) in [4.78, 5) is 6.91. The molecule has 1 aliphatic carbocycles. The van der Waals surface area contributed by atoms with Crippen LogP contribution in [0.3, 0.4) is 0 Å². The second-order valence-corrected chi connectivity index (χ2v) is 7.82. The van der Waals surface area contributed by atoms with Crippen LogP contribution in [0, 0.1) is 11.8 Å². The van der Waals surface area contributed by atoms with Gasteiger partial charge in [-0.05, 0) is 56.6 Å². The van der Waals surface area contributed by atoms with Crippen molar-refractivity contribution in [1.82, 2.24) is 14.5 Å². The molecule has 2 heterocycles. The van der Waals surface area contributed by atoms with Gasteiger partial charge in [-0.15, -0.1) is 0 Å². The lowest BCUT2D eigenvalue weighted by Crippen LogP contribution is -2.17. The van der Waals surface area contributed by atoms with Gasteiger partial charge in [0, 0.05) is 31.1 Å². The second-order valence-electron chi connectivity index (χ2n) is 7.82. The zero-order valence-corrected chi connectivity index (χ0v) is 16.6. The van der Waals surface area contributed by atoms with Gasteiger partial charge < -0.3 is 19.5 Å². The van der Waals surface area contributed by atoms with Crippen LogP contribution in [-0.4, -0.2) is 48.7 Å². The maximum Gasteiger partial charge on any atom is 0.128 e. The summed E-state index contributed by atoms with van der Waals surface area (Å²) < 4.78 is 7.72. The van der Waals surface area contributed by atoms with Crippen LogP contribution < -0.4 is 10.1 Å². The Morgan fingerprint density at radius 1 is 1.22 bits per heavy atom. The molecular weight excluding hydrogens is 336 g/mol. The SMILES string of the molecule is COc1ccccc1-c1cc2cc(NC[C@H]3C[C@@H]3CN(C)C)ncc2n1C. The van der Waals surface area contributed by atoms with Crippen molar-refractivity contribution in [3.63, 3.8) is 0 Å².